The first-order chi connectivity index (χ1) is 11.0. The fourth-order valence-corrected chi connectivity index (χ4v) is 3.33. The molecule has 0 aromatic rings. The predicted octanol–water partition coefficient (Wildman–Crippen LogP) is 6.22. The third kappa shape index (κ3) is 3.67. The Morgan fingerprint density at radius 3 is 2.43 bits per heavy atom. The van der Waals surface area contributed by atoms with E-state index in [1.165, 1.54) is 42.5 Å². The van der Waals surface area contributed by atoms with E-state index in [1.54, 1.807) is 5.57 Å². The second kappa shape index (κ2) is 7.50. The molecule has 2 aliphatic heterocycles. The average Bonchev–Trinajstić information content (AvgIpc) is 2.82. The molecule has 0 fully saturated rings. The van der Waals surface area contributed by atoms with Crippen LogP contribution < -0.4 is 0 Å². The largest absolute Gasteiger partial charge is 0.342 e. The zero-order chi connectivity index (χ0) is 17.0. The summed E-state index contributed by atoms with van der Waals surface area (Å²) in [7, 11) is 0. The minimum absolute atomic E-state index is 0.911. The standard InChI is InChI=1S/C22H29N/c1-7-10-18(11-8-2)13-19-14-23-15-21(16(4)5)17(6)12-22(23)20(19)9-3/h9,12-13,15H,3-4,6-8,10-11,14H2,1-2,5H3. The lowest BCUT2D eigenvalue weighted by atomic mass is 9.96. The minimum Gasteiger partial charge on any atom is -0.342 e. The number of allylic oxidation sites excluding steroid dienone is 6. The summed E-state index contributed by atoms with van der Waals surface area (Å²) in [5.41, 5.74) is 8.62. The summed E-state index contributed by atoms with van der Waals surface area (Å²) in [6.45, 7) is 19.7. The molecule has 0 aromatic carbocycles. The first kappa shape index (κ1) is 17.3. The van der Waals surface area contributed by atoms with Gasteiger partial charge in [-0.15, -0.1) is 0 Å². The van der Waals surface area contributed by atoms with Gasteiger partial charge in [0.1, 0.15) is 0 Å². The van der Waals surface area contributed by atoms with Crippen LogP contribution in [-0.4, -0.2) is 11.4 Å². The molecule has 0 spiro atoms. The van der Waals surface area contributed by atoms with Crippen LogP contribution in [0.5, 0.6) is 0 Å². The highest BCUT2D eigenvalue weighted by atomic mass is 15.1. The van der Waals surface area contributed by atoms with Gasteiger partial charge in [0.2, 0.25) is 0 Å². The van der Waals surface area contributed by atoms with E-state index in [4.69, 9.17) is 0 Å². The van der Waals surface area contributed by atoms with Crippen LogP contribution in [0.25, 0.3) is 0 Å². The van der Waals surface area contributed by atoms with Crippen molar-refractivity contribution in [1.29, 1.82) is 0 Å². The number of fused-ring (bicyclic) bond motifs is 1. The molecule has 0 saturated carbocycles. The summed E-state index contributed by atoms with van der Waals surface area (Å²) in [5.74, 6) is 0. The quantitative estimate of drug-likeness (QED) is 0.539. The third-order valence-corrected chi connectivity index (χ3v) is 4.40. The molecular weight excluding hydrogens is 278 g/mol. The predicted molar refractivity (Wildman–Crippen MR) is 102 cm³/mol. The third-order valence-electron chi connectivity index (χ3n) is 4.40. The first-order valence-corrected chi connectivity index (χ1v) is 8.62. The Bertz CT molecular complexity index is 641. The molecule has 0 N–H and O–H groups in total. The lowest BCUT2D eigenvalue weighted by molar-refractivity contribution is 0.538. The van der Waals surface area contributed by atoms with E-state index in [1.807, 2.05) is 13.0 Å². The summed E-state index contributed by atoms with van der Waals surface area (Å²) in [6.07, 6.45) is 13.5. The molecule has 0 radical (unpaired) electrons. The van der Waals surface area contributed by atoms with Gasteiger partial charge in [0, 0.05) is 24.0 Å². The first-order valence-electron chi connectivity index (χ1n) is 8.62. The molecule has 1 nitrogen and oxygen atoms in total. The van der Waals surface area contributed by atoms with Crippen LogP contribution in [0.1, 0.15) is 46.5 Å². The van der Waals surface area contributed by atoms with Crippen molar-refractivity contribution in [2.24, 2.45) is 0 Å². The van der Waals surface area contributed by atoms with Crippen LogP contribution in [0.3, 0.4) is 0 Å². The Hall–Kier alpha value is -2.02. The van der Waals surface area contributed by atoms with Crippen molar-refractivity contribution in [3.05, 3.63) is 83.3 Å². The number of hydrogen-bond acceptors (Lipinski definition) is 1. The number of rotatable bonds is 7. The Labute approximate surface area is 141 Å². The van der Waals surface area contributed by atoms with Crippen molar-refractivity contribution >= 4 is 0 Å². The monoisotopic (exact) mass is 307 g/mol. The van der Waals surface area contributed by atoms with Gasteiger partial charge in [-0.25, -0.2) is 0 Å². The zero-order valence-electron chi connectivity index (χ0n) is 14.9. The molecule has 23 heavy (non-hydrogen) atoms. The highest BCUT2D eigenvalue weighted by Gasteiger charge is 2.26. The van der Waals surface area contributed by atoms with Gasteiger partial charge >= 0.3 is 0 Å². The lowest BCUT2D eigenvalue weighted by Gasteiger charge is -2.24. The molecule has 0 saturated heterocycles. The van der Waals surface area contributed by atoms with Gasteiger partial charge in [-0.05, 0) is 48.1 Å². The van der Waals surface area contributed by atoms with E-state index in [0.717, 1.165) is 23.3 Å². The van der Waals surface area contributed by atoms with Gasteiger partial charge in [0.15, 0.2) is 0 Å². The number of nitrogens with zero attached hydrogens (tertiary/aromatic N) is 1. The maximum Gasteiger partial charge on any atom is 0.0492 e. The molecule has 122 valence electrons. The van der Waals surface area contributed by atoms with E-state index in [2.05, 4.69) is 56.8 Å². The highest BCUT2D eigenvalue weighted by Crippen LogP contribution is 2.37. The summed E-state index contributed by atoms with van der Waals surface area (Å²) >= 11 is 0. The molecule has 2 rings (SSSR count). The van der Waals surface area contributed by atoms with E-state index in [0.29, 0.717) is 0 Å². The lowest BCUT2D eigenvalue weighted by Crippen LogP contribution is -2.17. The number of hydrogen-bond donors (Lipinski definition) is 0. The van der Waals surface area contributed by atoms with Gasteiger partial charge < -0.3 is 4.90 Å². The van der Waals surface area contributed by atoms with Crippen molar-refractivity contribution in [3.8, 4) is 0 Å². The molecule has 2 heterocycles. The van der Waals surface area contributed by atoms with Crippen molar-refractivity contribution in [1.82, 2.24) is 4.90 Å². The Balaban J connectivity index is 2.39. The fourth-order valence-electron chi connectivity index (χ4n) is 3.33. The van der Waals surface area contributed by atoms with Crippen molar-refractivity contribution < 1.29 is 0 Å². The van der Waals surface area contributed by atoms with Crippen molar-refractivity contribution in [3.63, 3.8) is 0 Å². The van der Waals surface area contributed by atoms with Gasteiger partial charge in [0.05, 0.1) is 0 Å². The second-order valence-electron chi connectivity index (χ2n) is 6.45. The Morgan fingerprint density at radius 1 is 1.26 bits per heavy atom. The molecule has 0 unspecified atom stereocenters. The summed E-state index contributed by atoms with van der Waals surface area (Å²) in [5, 5.41) is 0. The van der Waals surface area contributed by atoms with Gasteiger partial charge in [0.25, 0.3) is 0 Å². The molecule has 0 atom stereocenters. The molecular formula is C22H29N. The summed E-state index contributed by atoms with van der Waals surface area (Å²) < 4.78 is 0. The highest BCUT2D eigenvalue weighted by molar-refractivity contribution is 5.61. The van der Waals surface area contributed by atoms with Gasteiger partial charge in [-0.1, -0.05) is 64.2 Å². The van der Waals surface area contributed by atoms with Crippen LogP contribution in [0.4, 0.5) is 0 Å². The molecule has 0 aliphatic carbocycles. The Kier molecular flexibility index (Phi) is 5.65. The van der Waals surface area contributed by atoms with E-state index >= 15 is 0 Å². The van der Waals surface area contributed by atoms with Crippen LogP contribution in [0, 0.1) is 0 Å². The normalized spacial score (nSPS) is 16.8. The molecule has 0 amide bonds. The van der Waals surface area contributed by atoms with Crippen LogP contribution in [0.2, 0.25) is 0 Å². The van der Waals surface area contributed by atoms with E-state index < -0.39 is 0 Å². The van der Waals surface area contributed by atoms with E-state index in [-0.39, 0.29) is 0 Å². The van der Waals surface area contributed by atoms with Gasteiger partial charge in [-0.2, -0.15) is 0 Å². The van der Waals surface area contributed by atoms with E-state index in [9.17, 15) is 0 Å². The van der Waals surface area contributed by atoms with Crippen molar-refractivity contribution in [2.75, 3.05) is 6.54 Å². The Morgan fingerprint density at radius 2 is 1.91 bits per heavy atom. The zero-order valence-corrected chi connectivity index (χ0v) is 14.9. The van der Waals surface area contributed by atoms with Crippen LogP contribution in [-0.2, 0) is 0 Å². The van der Waals surface area contributed by atoms with Crippen LogP contribution >= 0.6 is 0 Å². The van der Waals surface area contributed by atoms with Crippen LogP contribution in [0.15, 0.2) is 83.3 Å². The smallest absolute Gasteiger partial charge is 0.0492 e. The minimum atomic E-state index is 0.911. The van der Waals surface area contributed by atoms with Crippen molar-refractivity contribution in [2.45, 2.75) is 46.5 Å². The molecule has 0 bridgehead atoms. The summed E-state index contributed by atoms with van der Waals surface area (Å²) in [4.78, 5) is 2.30. The average molecular weight is 307 g/mol. The summed E-state index contributed by atoms with van der Waals surface area (Å²) in [6, 6.07) is 0. The maximum absolute atomic E-state index is 4.19. The maximum atomic E-state index is 4.19. The fraction of sp³-hybridized carbons (Fsp3) is 0.364. The SMILES string of the molecule is C=CC1=C(C=C(CCC)CCC)CN2C=C(C(=C)C)C(=C)C=C12. The second-order valence-corrected chi connectivity index (χ2v) is 6.45. The molecule has 2 aliphatic rings. The molecule has 0 aromatic heterocycles. The molecule has 1 heteroatoms. The van der Waals surface area contributed by atoms with Gasteiger partial charge in [-0.3, -0.25) is 0 Å². The topological polar surface area (TPSA) is 3.24 Å².